The highest BCUT2D eigenvalue weighted by molar-refractivity contribution is 5.80. The second kappa shape index (κ2) is 7.62. The third-order valence-electron chi connectivity index (χ3n) is 2.08. The van der Waals surface area contributed by atoms with Crippen molar-refractivity contribution in [2.24, 2.45) is 5.73 Å². The number of nitrogens with two attached hydrogens (primary N) is 1. The van der Waals surface area contributed by atoms with Crippen molar-refractivity contribution in [3.63, 3.8) is 0 Å². The maximum atomic E-state index is 10.7. The molecular weight excluding hydrogens is 214 g/mol. The normalized spacial score (nSPS) is 11.4. The van der Waals surface area contributed by atoms with Crippen molar-refractivity contribution >= 4 is 17.9 Å². The highest BCUT2D eigenvalue weighted by atomic mass is 16.5. The lowest BCUT2D eigenvalue weighted by molar-refractivity contribution is -0.141. The molecule has 0 bridgehead atoms. The maximum absolute atomic E-state index is 10.7. The molecule has 3 N–H and O–H groups in total. The fraction of sp³-hybridized carbons (Fsp3) is 0.600. The highest BCUT2D eigenvalue weighted by Gasteiger charge is 2.17. The van der Waals surface area contributed by atoms with Gasteiger partial charge in [-0.05, 0) is 19.3 Å². The van der Waals surface area contributed by atoms with Crippen LogP contribution in [-0.2, 0) is 19.1 Å². The third kappa shape index (κ3) is 5.29. The lowest BCUT2D eigenvalue weighted by Gasteiger charge is -2.07. The predicted octanol–water partition coefficient (Wildman–Crippen LogP) is -0.110. The van der Waals surface area contributed by atoms with Crippen molar-refractivity contribution < 1.29 is 24.2 Å². The number of methoxy groups -OCH3 is 1. The zero-order valence-electron chi connectivity index (χ0n) is 9.06. The Morgan fingerprint density at radius 3 is 2.38 bits per heavy atom. The number of rotatable bonds is 7. The van der Waals surface area contributed by atoms with Crippen molar-refractivity contribution in [1.29, 1.82) is 0 Å². The van der Waals surface area contributed by atoms with Crippen LogP contribution >= 0.6 is 0 Å². The molecule has 1 atom stereocenters. The number of carbonyl (C=O) groups excluding carboxylic acids is 2. The van der Waals surface area contributed by atoms with E-state index in [9.17, 15) is 14.4 Å². The molecule has 0 amide bonds. The lowest BCUT2D eigenvalue weighted by atomic mass is 10.0. The summed E-state index contributed by atoms with van der Waals surface area (Å²) in [4.78, 5) is 31.7. The molecule has 90 valence electrons. The van der Waals surface area contributed by atoms with Crippen LogP contribution in [-0.4, -0.2) is 36.1 Å². The Hall–Kier alpha value is -1.65. The van der Waals surface area contributed by atoms with Gasteiger partial charge in [0.1, 0.15) is 12.0 Å². The molecule has 0 aliphatic heterocycles. The van der Waals surface area contributed by atoms with Crippen LogP contribution in [0, 0.1) is 0 Å². The quantitative estimate of drug-likeness (QED) is 0.358. The fourth-order valence-electron chi connectivity index (χ4n) is 1.11. The van der Waals surface area contributed by atoms with Gasteiger partial charge < -0.3 is 15.6 Å². The highest BCUT2D eigenvalue weighted by Crippen LogP contribution is 2.09. The van der Waals surface area contributed by atoms with E-state index in [1.165, 1.54) is 13.1 Å². The molecule has 0 radical (unpaired) electrons. The molecule has 0 saturated carbocycles. The van der Waals surface area contributed by atoms with Gasteiger partial charge in [0.25, 0.3) is 0 Å². The Morgan fingerprint density at radius 2 is 1.94 bits per heavy atom. The molecule has 0 aromatic heterocycles. The number of ether oxygens (including phenoxy) is 1. The van der Waals surface area contributed by atoms with Crippen molar-refractivity contribution in [2.75, 3.05) is 7.11 Å². The van der Waals surface area contributed by atoms with Crippen LogP contribution in [0.4, 0.5) is 0 Å². The minimum Gasteiger partial charge on any atom is -0.480 e. The number of aliphatic carboxylic acids is 1. The van der Waals surface area contributed by atoms with Gasteiger partial charge >= 0.3 is 11.9 Å². The van der Waals surface area contributed by atoms with E-state index in [-0.39, 0.29) is 24.4 Å². The molecule has 0 aliphatic carbocycles. The zero-order chi connectivity index (χ0) is 12.6. The largest absolute Gasteiger partial charge is 0.480 e. The van der Waals surface area contributed by atoms with E-state index in [4.69, 9.17) is 10.8 Å². The van der Waals surface area contributed by atoms with Crippen LogP contribution in [0.5, 0.6) is 0 Å². The molecule has 16 heavy (non-hydrogen) atoms. The number of esters is 1. The molecule has 0 aliphatic rings. The first kappa shape index (κ1) is 14.3. The van der Waals surface area contributed by atoms with Crippen LogP contribution in [0.2, 0.25) is 0 Å². The number of carboxylic acid groups (broad SMARTS) is 1. The van der Waals surface area contributed by atoms with E-state index in [0.29, 0.717) is 12.8 Å². The van der Waals surface area contributed by atoms with Crippen molar-refractivity contribution in [3.8, 4) is 0 Å². The van der Waals surface area contributed by atoms with Crippen LogP contribution in [0.25, 0.3) is 0 Å². The summed E-state index contributed by atoms with van der Waals surface area (Å²) in [5, 5.41) is 8.57. The zero-order valence-corrected chi connectivity index (χ0v) is 9.06. The topological polar surface area (TPSA) is 107 Å². The van der Waals surface area contributed by atoms with Crippen molar-refractivity contribution in [3.05, 3.63) is 5.57 Å². The van der Waals surface area contributed by atoms with Gasteiger partial charge in [0, 0.05) is 12.0 Å². The van der Waals surface area contributed by atoms with Gasteiger partial charge in [-0.1, -0.05) is 0 Å². The first-order valence-electron chi connectivity index (χ1n) is 4.82. The number of hydrogen-bond donors (Lipinski definition) is 2. The second-order valence-corrected chi connectivity index (χ2v) is 3.23. The molecule has 1 unspecified atom stereocenters. The van der Waals surface area contributed by atoms with Crippen LogP contribution < -0.4 is 5.73 Å². The SMILES string of the molecule is COC(=O)CCCCC(=C=O)C(N)C(=O)O. The van der Waals surface area contributed by atoms with E-state index >= 15 is 0 Å². The summed E-state index contributed by atoms with van der Waals surface area (Å²) in [6.07, 6.45) is 1.49. The van der Waals surface area contributed by atoms with E-state index < -0.39 is 12.0 Å². The lowest BCUT2D eigenvalue weighted by Crippen LogP contribution is -2.32. The van der Waals surface area contributed by atoms with E-state index in [0.717, 1.165) is 0 Å². The molecule has 0 fully saturated rings. The Kier molecular flexibility index (Phi) is 6.83. The summed E-state index contributed by atoms with van der Waals surface area (Å²) in [7, 11) is 1.29. The molecule has 0 rings (SSSR count). The molecule has 0 aromatic rings. The average Bonchev–Trinajstić information content (AvgIpc) is 2.27. The minimum atomic E-state index is -1.31. The number of hydrogen-bond acceptors (Lipinski definition) is 5. The molecule has 6 nitrogen and oxygen atoms in total. The van der Waals surface area contributed by atoms with E-state index in [2.05, 4.69) is 4.74 Å². The third-order valence-corrected chi connectivity index (χ3v) is 2.08. The van der Waals surface area contributed by atoms with E-state index in [1.807, 2.05) is 0 Å². The molecular formula is C10H15NO5. The fourth-order valence-corrected chi connectivity index (χ4v) is 1.11. The van der Waals surface area contributed by atoms with Gasteiger partial charge in [0.05, 0.1) is 7.11 Å². The van der Waals surface area contributed by atoms with Gasteiger partial charge in [-0.3, -0.25) is 9.59 Å². The predicted molar refractivity (Wildman–Crippen MR) is 55.3 cm³/mol. The van der Waals surface area contributed by atoms with Crippen molar-refractivity contribution in [1.82, 2.24) is 0 Å². The van der Waals surface area contributed by atoms with Crippen LogP contribution in [0.1, 0.15) is 25.7 Å². The summed E-state index contributed by atoms with van der Waals surface area (Å²) in [6.45, 7) is 0. The van der Waals surface area contributed by atoms with Crippen LogP contribution in [0.3, 0.4) is 0 Å². The summed E-state index contributed by atoms with van der Waals surface area (Å²) in [6, 6.07) is -1.31. The summed E-state index contributed by atoms with van der Waals surface area (Å²) in [5.41, 5.74) is 5.26. The maximum Gasteiger partial charge on any atom is 0.325 e. The van der Waals surface area contributed by atoms with Gasteiger partial charge in [-0.25, -0.2) is 4.79 Å². The standard InChI is InChI=1S/C10H15NO5/c1-16-8(13)5-3-2-4-7(6-12)9(11)10(14)15/h9H,2-5,11H2,1H3,(H,14,15). The Morgan fingerprint density at radius 1 is 1.38 bits per heavy atom. The average molecular weight is 229 g/mol. The summed E-state index contributed by atoms with van der Waals surface area (Å²) in [5.74, 6) is -0.0622. The molecule has 0 aromatic carbocycles. The Balaban J connectivity index is 3.95. The smallest absolute Gasteiger partial charge is 0.325 e. The van der Waals surface area contributed by atoms with Gasteiger partial charge in [0.2, 0.25) is 0 Å². The minimum absolute atomic E-state index is 0.0114. The van der Waals surface area contributed by atoms with Gasteiger partial charge in [-0.2, -0.15) is 0 Å². The number of carbonyl (C=O) groups is 2. The second-order valence-electron chi connectivity index (χ2n) is 3.23. The number of carboxylic acids is 1. The first-order valence-corrected chi connectivity index (χ1v) is 4.82. The summed E-state index contributed by atoms with van der Waals surface area (Å²) < 4.78 is 4.43. The molecule has 6 heteroatoms. The molecule has 0 saturated heterocycles. The van der Waals surface area contributed by atoms with E-state index in [1.54, 1.807) is 0 Å². The van der Waals surface area contributed by atoms with Crippen molar-refractivity contribution in [2.45, 2.75) is 31.7 Å². The molecule has 0 heterocycles. The van der Waals surface area contributed by atoms with Crippen LogP contribution in [0.15, 0.2) is 5.57 Å². The first-order chi connectivity index (χ1) is 7.52. The number of unbranched alkanes of at least 4 members (excludes halogenated alkanes) is 1. The monoisotopic (exact) mass is 229 g/mol. The van der Waals surface area contributed by atoms with Gasteiger partial charge in [-0.15, -0.1) is 0 Å². The van der Waals surface area contributed by atoms with Gasteiger partial charge in [0.15, 0.2) is 0 Å². The summed E-state index contributed by atoms with van der Waals surface area (Å²) >= 11 is 0. The Labute approximate surface area is 93.1 Å². The Bertz CT molecular complexity index is 306. The molecule has 0 spiro atoms.